The van der Waals surface area contributed by atoms with Gasteiger partial charge in [-0.3, -0.25) is 0 Å². The maximum atomic E-state index is 2.37. The van der Waals surface area contributed by atoms with Crippen molar-refractivity contribution in [1.82, 2.24) is 0 Å². The van der Waals surface area contributed by atoms with E-state index in [-0.39, 0.29) is 5.41 Å². The molecule has 0 N–H and O–H groups in total. The molecule has 0 saturated heterocycles. The third kappa shape index (κ3) is 4.53. The highest BCUT2D eigenvalue weighted by atomic mass is 14.4. The first kappa shape index (κ1) is 29.7. The van der Waals surface area contributed by atoms with E-state index in [9.17, 15) is 0 Å². The van der Waals surface area contributed by atoms with Crippen LogP contribution in [-0.4, -0.2) is 0 Å². The lowest BCUT2D eigenvalue weighted by atomic mass is 9.79. The van der Waals surface area contributed by atoms with Gasteiger partial charge in [0, 0.05) is 5.41 Å². The van der Waals surface area contributed by atoms with Gasteiger partial charge in [-0.25, -0.2) is 0 Å². The minimum absolute atomic E-state index is 0.0505. The van der Waals surface area contributed by atoms with Crippen LogP contribution < -0.4 is 0 Å². The third-order valence-corrected chi connectivity index (χ3v) is 11.3. The van der Waals surface area contributed by atoms with E-state index in [1.807, 2.05) is 0 Å². The van der Waals surface area contributed by atoms with Crippen LogP contribution in [0.5, 0.6) is 0 Å². The standard InChI is InChI=1S/C51H36/c1-51(2)47-25-11-10-18-40(47)46-31-30-39-38(23-13-24-45(39)50(46)51)34-26-28-35(29-27-34)48-41-19-6-8-21-43(41)49(44-22-9-7-20-42(44)48)37-17-12-16-36(32-37)33-14-4-3-5-15-33/h3-32H,1-2H3. The fourth-order valence-electron chi connectivity index (χ4n) is 8.96. The van der Waals surface area contributed by atoms with E-state index in [1.54, 1.807) is 0 Å². The summed E-state index contributed by atoms with van der Waals surface area (Å²) < 4.78 is 0. The third-order valence-electron chi connectivity index (χ3n) is 11.3. The van der Waals surface area contributed by atoms with Crippen molar-refractivity contribution in [3.63, 3.8) is 0 Å². The lowest BCUT2D eigenvalue weighted by molar-refractivity contribution is 0.666. The van der Waals surface area contributed by atoms with Crippen molar-refractivity contribution in [2.45, 2.75) is 19.3 Å². The molecule has 0 heterocycles. The van der Waals surface area contributed by atoms with Gasteiger partial charge in [0.15, 0.2) is 0 Å². The topological polar surface area (TPSA) is 0 Å². The van der Waals surface area contributed by atoms with Crippen molar-refractivity contribution < 1.29 is 0 Å². The monoisotopic (exact) mass is 648 g/mol. The number of fused-ring (bicyclic) bond motifs is 7. The molecule has 0 radical (unpaired) electrons. The quantitative estimate of drug-likeness (QED) is 0.167. The predicted molar refractivity (Wildman–Crippen MR) is 218 cm³/mol. The van der Waals surface area contributed by atoms with Crippen LogP contribution in [-0.2, 0) is 5.41 Å². The van der Waals surface area contributed by atoms with Gasteiger partial charge in [0.05, 0.1) is 0 Å². The van der Waals surface area contributed by atoms with Crippen LogP contribution in [0, 0.1) is 0 Å². The van der Waals surface area contributed by atoms with Crippen molar-refractivity contribution in [2.75, 3.05) is 0 Å². The van der Waals surface area contributed by atoms with Crippen molar-refractivity contribution in [3.05, 3.63) is 193 Å². The second-order valence-corrected chi connectivity index (χ2v) is 14.4. The highest BCUT2D eigenvalue weighted by molar-refractivity contribution is 6.21. The van der Waals surface area contributed by atoms with E-state index in [0.717, 1.165) is 0 Å². The maximum absolute atomic E-state index is 2.37. The fourth-order valence-corrected chi connectivity index (χ4v) is 8.96. The van der Waals surface area contributed by atoms with Crippen LogP contribution in [0.15, 0.2) is 182 Å². The Labute approximate surface area is 299 Å². The summed E-state index contributed by atoms with van der Waals surface area (Å²) in [6, 6.07) is 67.2. The van der Waals surface area contributed by atoms with E-state index >= 15 is 0 Å². The summed E-state index contributed by atoms with van der Waals surface area (Å²) in [5.74, 6) is 0. The second-order valence-electron chi connectivity index (χ2n) is 14.4. The molecule has 0 fully saturated rings. The molecule has 0 bridgehead atoms. The first-order chi connectivity index (χ1) is 25.1. The lowest BCUT2D eigenvalue weighted by Crippen LogP contribution is -2.15. The van der Waals surface area contributed by atoms with Crippen molar-refractivity contribution in [3.8, 4) is 55.6 Å². The largest absolute Gasteiger partial charge is 0.0622 e. The molecule has 240 valence electrons. The molecule has 9 aromatic rings. The van der Waals surface area contributed by atoms with Gasteiger partial charge >= 0.3 is 0 Å². The summed E-state index contributed by atoms with van der Waals surface area (Å²) in [6.45, 7) is 4.75. The molecule has 51 heavy (non-hydrogen) atoms. The molecule has 0 spiro atoms. The molecule has 0 aliphatic heterocycles. The molecule has 0 atom stereocenters. The van der Waals surface area contributed by atoms with E-state index < -0.39 is 0 Å². The number of hydrogen-bond donors (Lipinski definition) is 0. The number of rotatable bonds is 4. The van der Waals surface area contributed by atoms with Gasteiger partial charge in [-0.1, -0.05) is 190 Å². The van der Waals surface area contributed by atoms with Crippen LogP contribution in [0.4, 0.5) is 0 Å². The van der Waals surface area contributed by atoms with E-state index in [2.05, 4.69) is 196 Å². The molecule has 0 heteroatoms. The van der Waals surface area contributed by atoms with Crippen LogP contribution in [0.1, 0.15) is 25.0 Å². The van der Waals surface area contributed by atoms with Gasteiger partial charge in [-0.15, -0.1) is 0 Å². The van der Waals surface area contributed by atoms with Crippen LogP contribution in [0.3, 0.4) is 0 Å². The molecule has 1 aliphatic carbocycles. The molecule has 0 saturated carbocycles. The summed E-state index contributed by atoms with van der Waals surface area (Å²) in [6.07, 6.45) is 0. The molecule has 9 aromatic carbocycles. The van der Waals surface area contributed by atoms with Crippen LogP contribution in [0.2, 0.25) is 0 Å². The van der Waals surface area contributed by atoms with Gasteiger partial charge < -0.3 is 0 Å². The smallest absolute Gasteiger partial charge is 0.0165 e. The zero-order valence-corrected chi connectivity index (χ0v) is 28.8. The minimum Gasteiger partial charge on any atom is -0.0622 e. The first-order valence-corrected chi connectivity index (χ1v) is 17.9. The zero-order valence-electron chi connectivity index (χ0n) is 28.8. The molecule has 0 unspecified atom stereocenters. The zero-order chi connectivity index (χ0) is 34.1. The van der Waals surface area contributed by atoms with Crippen LogP contribution >= 0.6 is 0 Å². The number of benzene rings is 9. The van der Waals surface area contributed by atoms with E-state index in [1.165, 1.54) is 99.1 Å². The molecular formula is C51H36. The molecule has 1 aliphatic rings. The van der Waals surface area contributed by atoms with E-state index in [0.29, 0.717) is 0 Å². The average molecular weight is 649 g/mol. The molecule has 0 amide bonds. The number of hydrogen-bond acceptors (Lipinski definition) is 0. The Morgan fingerprint density at radius 3 is 1.51 bits per heavy atom. The van der Waals surface area contributed by atoms with Gasteiger partial charge in [-0.05, 0) is 105 Å². The highest BCUT2D eigenvalue weighted by Gasteiger charge is 2.36. The predicted octanol–water partition coefficient (Wildman–Crippen LogP) is 14.1. The Balaban J connectivity index is 1.12. The van der Waals surface area contributed by atoms with Crippen molar-refractivity contribution in [2.24, 2.45) is 0 Å². The second kappa shape index (κ2) is 11.4. The Morgan fingerprint density at radius 1 is 0.294 bits per heavy atom. The molecular weight excluding hydrogens is 613 g/mol. The van der Waals surface area contributed by atoms with E-state index in [4.69, 9.17) is 0 Å². The first-order valence-electron chi connectivity index (χ1n) is 17.9. The molecule has 0 aromatic heterocycles. The van der Waals surface area contributed by atoms with Gasteiger partial charge in [0.1, 0.15) is 0 Å². The molecule has 10 rings (SSSR count). The van der Waals surface area contributed by atoms with Crippen LogP contribution in [0.25, 0.3) is 88.0 Å². The summed E-state index contributed by atoms with van der Waals surface area (Å²) in [7, 11) is 0. The maximum Gasteiger partial charge on any atom is 0.0165 e. The van der Waals surface area contributed by atoms with Gasteiger partial charge in [-0.2, -0.15) is 0 Å². The summed E-state index contributed by atoms with van der Waals surface area (Å²) >= 11 is 0. The summed E-state index contributed by atoms with van der Waals surface area (Å²) in [5.41, 5.74) is 15.5. The highest BCUT2D eigenvalue weighted by Crippen LogP contribution is 2.52. The van der Waals surface area contributed by atoms with Crippen molar-refractivity contribution in [1.29, 1.82) is 0 Å². The normalized spacial score (nSPS) is 13.1. The Kier molecular flexibility index (Phi) is 6.63. The minimum atomic E-state index is -0.0505. The van der Waals surface area contributed by atoms with Gasteiger partial charge in [0.25, 0.3) is 0 Å². The van der Waals surface area contributed by atoms with Crippen molar-refractivity contribution >= 4 is 32.3 Å². The Bertz CT molecular complexity index is 2740. The average Bonchev–Trinajstić information content (AvgIpc) is 3.43. The lowest BCUT2D eigenvalue weighted by Gasteiger charge is -2.23. The SMILES string of the molecule is CC1(C)c2ccccc2-c2ccc3c(-c4ccc(-c5c6ccccc6c(-c6cccc(-c7ccccc7)c6)c6ccccc56)cc4)cccc3c21. The summed E-state index contributed by atoms with van der Waals surface area (Å²) in [5, 5.41) is 7.74. The Hall–Kier alpha value is -6.24. The molecule has 0 nitrogen and oxygen atoms in total. The van der Waals surface area contributed by atoms with Gasteiger partial charge in [0.2, 0.25) is 0 Å². The summed E-state index contributed by atoms with van der Waals surface area (Å²) in [4.78, 5) is 0. The fraction of sp³-hybridized carbons (Fsp3) is 0.0588. The Morgan fingerprint density at radius 2 is 0.804 bits per heavy atom.